The summed E-state index contributed by atoms with van der Waals surface area (Å²) in [4.78, 5) is 1.30. The zero-order valence-corrected chi connectivity index (χ0v) is 8.17. The van der Waals surface area contributed by atoms with Crippen LogP contribution in [0.25, 0.3) is 0 Å². The van der Waals surface area contributed by atoms with Crippen molar-refractivity contribution in [1.29, 1.82) is 0 Å². The van der Waals surface area contributed by atoms with Gasteiger partial charge in [0.2, 0.25) is 0 Å². The van der Waals surface area contributed by atoms with Gasteiger partial charge in [-0.05, 0) is 12.1 Å². The van der Waals surface area contributed by atoms with E-state index in [1.165, 1.54) is 4.90 Å². The first kappa shape index (κ1) is 9.06. The van der Waals surface area contributed by atoms with Gasteiger partial charge < -0.3 is 10.5 Å². The molecule has 1 aliphatic rings. The Morgan fingerprint density at radius 3 is 2.69 bits per heavy atom. The van der Waals surface area contributed by atoms with E-state index >= 15 is 0 Å². The van der Waals surface area contributed by atoms with Gasteiger partial charge in [-0.2, -0.15) is 0 Å². The maximum atomic E-state index is 5.64. The van der Waals surface area contributed by atoms with Crippen LogP contribution in [0.3, 0.4) is 0 Å². The summed E-state index contributed by atoms with van der Waals surface area (Å²) in [7, 11) is 0. The van der Waals surface area contributed by atoms with E-state index in [2.05, 4.69) is 24.3 Å². The molecule has 1 saturated heterocycles. The molecule has 2 unspecified atom stereocenters. The van der Waals surface area contributed by atoms with Crippen molar-refractivity contribution in [3.63, 3.8) is 0 Å². The summed E-state index contributed by atoms with van der Waals surface area (Å²) < 4.78 is 5.29. The normalized spacial score (nSPS) is 27.8. The summed E-state index contributed by atoms with van der Waals surface area (Å²) in [6, 6.07) is 10.4. The average Bonchev–Trinajstić information content (AvgIpc) is 2.53. The molecule has 0 aliphatic carbocycles. The molecule has 0 spiro atoms. The van der Waals surface area contributed by atoms with Crippen LogP contribution in [0.5, 0.6) is 0 Å². The molecule has 0 amide bonds. The molecule has 1 heterocycles. The van der Waals surface area contributed by atoms with Crippen LogP contribution in [0.4, 0.5) is 0 Å². The van der Waals surface area contributed by atoms with Crippen LogP contribution in [0.2, 0.25) is 0 Å². The van der Waals surface area contributed by atoms with Crippen LogP contribution in [0, 0.1) is 0 Å². The van der Waals surface area contributed by atoms with E-state index in [-0.39, 0.29) is 6.23 Å². The van der Waals surface area contributed by atoms with E-state index in [0.29, 0.717) is 5.25 Å². The highest BCUT2D eigenvalue weighted by atomic mass is 32.2. The second-order valence-corrected chi connectivity index (χ2v) is 4.53. The molecule has 0 aromatic heterocycles. The molecule has 0 saturated carbocycles. The van der Waals surface area contributed by atoms with Crippen molar-refractivity contribution in [2.45, 2.75) is 22.8 Å². The molecule has 70 valence electrons. The van der Waals surface area contributed by atoms with Crippen molar-refractivity contribution >= 4 is 11.8 Å². The van der Waals surface area contributed by atoms with Gasteiger partial charge in [-0.25, -0.2) is 0 Å². The van der Waals surface area contributed by atoms with Crippen LogP contribution >= 0.6 is 11.8 Å². The summed E-state index contributed by atoms with van der Waals surface area (Å²) >= 11 is 1.85. The monoisotopic (exact) mass is 195 g/mol. The zero-order chi connectivity index (χ0) is 9.10. The molecule has 0 bridgehead atoms. The van der Waals surface area contributed by atoms with Gasteiger partial charge in [0.1, 0.15) is 6.23 Å². The SMILES string of the molecule is NC1CC(Sc2ccccc2)CO1. The molecule has 2 nitrogen and oxygen atoms in total. The summed E-state index contributed by atoms with van der Waals surface area (Å²) in [5.74, 6) is 0. The van der Waals surface area contributed by atoms with Gasteiger partial charge in [0, 0.05) is 16.6 Å². The highest BCUT2D eigenvalue weighted by Crippen LogP contribution is 2.29. The van der Waals surface area contributed by atoms with Crippen LogP contribution in [0.1, 0.15) is 6.42 Å². The van der Waals surface area contributed by atoms with Crippen LogP contribution < -0.4 is 5.73 Å². The highest BCUT2D eigenvalue weighted by Gasteiger charge is 2.22. The first-order chi connectivity index (χ1) is 6.34. The third kappa shape index (κ3) is 2.46. The first-order valence-corrected chi connectivity index (χ1v) is 5.31. The van der Waals surface area contributed by atoms with Gasteiger partial charge in [-0.1, -0.05) is 18.2 Å². The fraction of sp³-hybridized carbons (Fsp3) is 0.400. The summed E-state index contributed by atoms with van der Waals surface area (Å²) in [5, 5.41) is 0.525. The van der Waals surface area contributed by atoms with Crippen molar-refractivity contribution in [3.05, 3.63) is 30.3 Å². The van der Waals surface area contributed by atoms with E-state index in [4.69, 9.17) is 10.5 Å². The second kappa shape index (κ2) is 4.13. The van der Waals surface area contributed by atoms with E-state index < -0.39 is 0 Å². The molecule has 1 aromatic rings. The number of hydrogen-bond acceptors (Lipinski definition) is 3. The Morgan fingerprint density at radius 1 is 1.31 bits per heavy atom. The summed E-state index contributed by atoms with van der Waals surface area (Å²) in [6.45, 7) is 0.778. The third-order valence-corrected chi connectivity index (χ3v) is 3.24. The molecule has 3 heteroatoms. The largest absolute Gasteiger partial charge is 0.362 e. The number of thioether (sulfide) groups is 1. The minimum Gasteiger partial charge on any atom is -0.362 e. The first-order valence-electron chi connectivity index (χ1n) is 4.43. The van der Waals surface area contributed by atoms with Crippen molar-refractivity contribution in [2.75, 3.05) is 6.61 Å². The molecule has 1 aromatic carbocycles. The topological polar surface area (TPSA) is 35.2 Å². The number of benzene rings is 1. The Morgan fingerprint density at radius 2 is 2.08 bits per heavy atom. The predicted molar refractivity (Wildman–Crippen MR) is 54.6 cm³/mol. The van der Waals surface area contributed by atoms with Crippen LogP contribution in [-0.2, 0) is 4.74 Å². The molecule has 1 aliphatic heterocycles. The highest BCUT2D eigenvalue weighted by molar-refractivity contribution is 8.00. The van der Waals surface area contributed by atoms with Crippen molar-refractivity contribution in [2.24, 2.45) is 5.73 Å². The molecular weight excluding hydrogens is 182 g/mol. The minimum atomic E-state index is -0.0544. The molecule has 0 radical (unpaired) electrons. The molecule has 13 heavy (non-hydrogen) atoms. The van der Waals surface area contributed by atoms with E-state index in [1.54, 1.807) is 0 Å². The van der Waals surface area contributed by atoms with Gasteiger partial charge >= 0.3 is 0 Å². The zero-order valence-electron chi connectivity index (χ0n) is 7.35. The molecule has 2 N–H and O–H groups in total. The number of rotatable bonds is 2. The standard InChI is InChI=1S/C10H13NOS/c11-10-6-9(7-12-10)13-8-4-2-1-3-5-8/h1-5,9-10H,6-7,11H2. The van der Waals surface area contributed by atoms with Crippen molar-refractivity contribution in [1.82, 2.24) is 0 Å². The van der Waals surface area contributed by atoms with Gasteiger partial charge in [0.05, 0.1) is 6.61 Å². The Hall–Kier alpha value is -0.510. The summed E-state index contributed by atoms with van der Waals surface area (Å²) in [5.41, 5.74) is 5.64. The molecule has 2 rings (SSSR count). The molecule has 1 fully saturated rings. The Labute approximate surface area is 82.5 Å². The Kier molecular flexibility index (Phi) is 2.88. The Bertz CT molecular complexity index is 265. The number of nitrogens with two attached hydrogens (primary N) is 1. The van der Waals surface area contributed by atoms with Crippen molar-refractivity contribution in [3.8, 4) is 0 Å². The van der Waals surface area contributed by atoms with Crippen LogP contribution in [-0.4, -0.2) is 18.1 Å². The fourth-order valence-corrected chi connectivity index (χ4v) is 2.53. The number of ether oxygens (including phenoxy) is 1. The quantitative estimate of drug-likeness (QED) is 0.782. The van der Waals surface area contributed by atoms with E-state index in [1.807, 2.05) is 17.8 Å². The van der Waals surface area contributed by atoms with E-state index in [0.717, 1.165) is 13.0 Å². The number of hydrogen-bond donors (Lipinski definition) is 1. The average molecular weight is 195 g/mol. The lowest BCUT2D eigenvalue weighted by Gasteiger charge is -2.06. The molecular formula is C10H13NOS. The van der Waals surface area contributed by atoms with Gasteiger partial charge in [0.15, 0.2) is 0 Å². The smallest absolute Gasteiger partial charge is 0.106 e. The van der Waals surface area contributed by atoms with Gasteiger partial charge in [-0.15, -0.1) is 11.8 Å². The van der Waals surface area contributed by atoms with Gasteiger partial charge in [-0.3, -0.25) is 0 Å². The lowest BCUT2D eigenvalue weighted by atomic mass is 10.3. The maximum Gasteiger partial charge on any atom is 0.106 e. The summed E-state index contributed by atoms with van der Waals surface area (Å²) in [6.07, 6.45) is 0.903. The lowest BCUT2D eigenvalue weighted by Crippen LogP contribution is -2.17. The molecule has 2 atom stereocenters. The van der Waals surface area contributed by atoms with E-state index in [9.17, 15) is 0 Å². The maximum absolute atomic E-state index is 5.64. The second-order valence-electron chi connectivity index (χ2n) is 3.16. The van der Waals surface area contributed by atoms with Gasteiger partial charge in [0.25, 0.3) is 0 Å². The lowest BCUT2D eigenvalue weighted by molar-refractivity contribution is 0.117. The van der Waals surface area contributed by atoms with Crippen molar-refractivity contribution < 1.29 is 4.74 Å². The fourth-order valence-electron chi connectivity index (χ4n) is 1.40. The predicted octanol–water partition coefficient (Wildman–Crippen LogP) is 1.85. The third-order valence-electron chi connectivity index (χ3n) is 2.04. The van der Waals surface area contributed by atoms with Crippen LogP contribution in [0.15, 0.2) is 35.2 Å². The Balaban J connectivity index is 1.92. The minimum absolute atomic E-state index is 0.0544.